The highest BCUT2D eigenvalue weighted by molar-refractivity contribution is 7.20. The third kappa shape index (κ3) is 3.58. The maximum absolute atomic E-state index is 14.1. The molecule has 130 valence electrons. The molecule has 26 heavy (non-hydrogen) atoms. The average Bonchev–Trinajstić information content (AvgIpc) is 3.39. The lowest BCUT2D eigenvalue weighted by molar-refractivity contribution is -0.115. The highest BCUT2D eigenvalue weighted by Gasteiger charge is 2.12. The molecule has 4 rings (SSSR count). The molecular weight excluding hydrogens is 369 g/mol. The summed E-state index contributed by atoms with van der Waals surface area (Å²) in [7, 11) is 0. The van der Waals surface area contributed by atoms with E-state index in [0.29, 0.717) is 5.69 Å². The number of halogens is 1. The van der Waals surface area contributed by atoms with Crippen molar-refractivity contribution in [1.29, 1.82) is 0 Å². The monoisotopic (exact) mass is 383 g/mol. The number of anilines is 1. The van der Waals surface area contributed by atoms with Crippen molar-refractivity contribution in [3.63, 3.8) is 0 Å². The van der Waals surface area contributed by atoms with Gasteiger partial charge in [0, 0.05) is 23.5 Å². The molecule has 1 aromatic carbocycles. The number of thiazole rings is 1. The van der Waals surface area contributed by atoms with E-state index in [1.807, 2.05) is 52.0 Å². The van der Waals surface area contributed by atoms with Gasteiger partial charge in [0.2, 0.25) is 5.91 Å². The lowest BCUT2D eigenvalue weighted by Gasteiger charge is -2.09. The summed E-state index contributed by atoms with van der Waals surface area (Å²) >= 11 is 3.11. The molecule has 0 radical (unpaired) electrons. The Balaban J connectivity index is 1.47. The fourth-order valence-corrected chi connectivity index (χ4v) is 4.17. The Hall–Kier alpha value is -2.77. The lowest BCUT2D eigenvalue weighted by Crippen LogP contribution is -2.15. The Morgan fingerprint density at radius 3 is 2.77 bits per heavy atom. The number of thiophene rings is 1. The predicted octanol–water partition coefficient (Wildman–Crippen LogP) is 4.98. The molecule has 4 nitrogen and oxygen atoms in total. The maximum Gasteiger partial charge on any atom is 0.230 e. The van der Waals surface area contributed by atoms with Gasteiger partial charge in [0.25, 0.3) is 0 Å². The topological polar surface area (TPSA) is 46.9 Å². The summed E-state index contributed by atoms with van der Waals surface area (Å²) in [5.41, 5.74) is 1.62. The molecule has 4 aromatic rings. The van der Waals surface area contributed by atoms with E-state index in [4.69, 9.17) is 0 Å². The first-order valence-corrected chi connectivity index (χ1v) is 9.66. The Kier molecular flexibility index (Phi) is 4.64. The van der Waals surface area contributed by atoms with Gasteiger partial charge in [-0.25, -0.2) is 9.37 Å². The largest absolute Gasteiger partial charge is 0.324 e. The average molecular weight is 383 g/mol. The zero-order chi connectivity index (χ0) is 17.9. The number of benzene rings is 1. The summed E-state index contributed by atoms with van der Waals surface area (Å²) in [6.07, 6.45) is 3.83. The second-order valence-electron chi connectivity index (χ2n) is 5.60. The number of nitrogens with zero attached hydrogens (tertiary/aromatic N) is 2. The minimum Gasteiger partial charge on any atom is -0.324 e. The number of carbonyl (C=O) groups excluding carboxylic acids is 1. The SMILES string of the molecule is O=C(Cc1csc(-c2cccs2)n1)Nc1cc(-n2cccc2)ccc1F. The van der Waals surface area contributed by atoms with Crippen LogP contribution in [0.3, 0.4) is 0 Å². The van der Waals surface area contributed by atoms with Crippen LogP contribution in [0.4, 0.5) is 10.1 Å². The van der Waals surface area contributed by atoms with Crippen molar-refractivity contribution in [3.05, 3.63) is 77.1 Å². The predicted molar refractivity (Wildman–Crippen MR) is 103 cm³/mol. The van der Waals surface area contributed by atoms with Gasteiger partial charge in [-0.1, -0.05) is 6.07 Å². The summed E-state index contributed by atoms with van der Waals surface area (Å²) in [6, 6.07) is 12.4. The molecule has 7 heteroatoms. The van der Waals surface area contributed by atoms with E-state index in [-0.39, 0.29) is 18.0 Å². The van der Waals surface area contributed by atoms with E-state index in [0.717, 1.165) is 15.6 Å². The molecule has 3 aromatic heterocycles. The molecule has 1 N–H and O–H groups in total. The third-order valence-corrected chi connectivity index (χ3v) is 5.68. The number of aromatic nitrogens is 2. The number of rotatable bonds is 5. The molecule has 0 fully saturated rings. The van der Waals surface area contributed by atoms with Crippen LogP contribution < -0.4 is 5.32 Å². The van der Waals surface area contributed by atoms with Crippen molar-refractivity contribution in [2.45, 2.75) is 6.42 Å². The van der Waals surface area contributed by atoms with Crippen LogP contribution in [0.15, 0.2) is 65.6 Å². The van der Waals surface area contributed by atoms with Crippen molar-refractivity contribution in [2.75, 3.05) is 5.32 Å². The molecule has 0 aliphatic heterocycles. The van der Waals surface area contributed by atoms with Crippen LogP contribution in [-0.4, -0.2) is 15.5 Å². The van der Waals surface area contributed by atoms with Crippen LogP contribution in [0.5, 0.6) is 0 Å². The standard InChI is InChI=1S/C19H14FN3OS2/c20-15-6-5-14(23-7-1-2-8-23)11-16(15)22-18(24)10-13-12-26-19(21-13)17-4-3-9-25-17/h1-9,11-12H,10H2,(H,22,24). The minimum atomic E-state index is -0.466. The van der Waals surface area contributed by atoms with E-state index in [9.17, 15) is 9.18 Å². The number of hydrogen-bond acceptors (Lipinski definition) is 4. The summed E-state index contributed by atoms with van der Waals surface area (Å²) in [6.45, 7) is 0. The molecule has 0 saturated heterocycles. The molecule has 0 aliphatic carbocycles. The van der Waals surface area contributed by atoms with E-state index in [2.05, 4.69) is 10.3 Å². The fraction of sp³-hybridized carbons (Fsp3) is 0.0526. The second kappa shape index (κ2) is 7.23. The summed E-state index contributed by atoms with van der Waals surface area (Å²) < 4.78 is 15.9. The van der Waals surface area contributed by atoms with Gasteiger partial charge in [0.05, 0.1) is 22.7 Å². The quantitative estimate of drug-likeness (QED) is 0.528. The Labute approximate surface area is 157 Å². The zero-order valence-corrected chi connectivity index (χ0v) is 15.2. The highest BCUT2D eigenvalue weighted by atomic mass is 32.1. The van der Waals surface area contributed by atoms with E-state index in [1.54, 1.807) is 23.5 Å². The molecule has 3 heterocycles. The first-order valence-electron chi connectivity index (χ1n) is 7.90. The number of nitrogens with one attached hydrogen (secondary N) is 1. The van der Waals surface area contributed by atoms with E-state index >= 15 is 0 Å². The van der Waals surface area contributed by atoms with Crippen LogP contribution in [-0.2, 0) is 11.2 Å². The lowest BCUT2D eigenvalue weighted by atomic mass is 10.2. The number of amides is 1. The van der Waals surface area contributed by atoms with Crippen molar-refractivity contribution in [1.82, 2.24) is 9.55 Å². The molecule has 0 bridgehead atoms. The summed E-state index contributed by atoms with van der Waals surface area (Å²) in [5, 5.41) is 7.39. The van der Waals surface area contributed by atoms with Gasteiger partial charge in [-0.2, -0.15) is 0 Å². The van der Waals surface area contributed by atoms with Crippen molar-refractivity contribution < 1.29 is 9.18 Å². The first kappa shape index (κ1) is 16.7. The number of hydrogen-bond donors (Lipinski definition) is 1. The smallest absolute Gasteiger partial charge is 0.230 e. The second-order valence-corrected chi connectivity index (χ2v) is 7.41. The van der Waals surface area contributed by atoms with Crippen molar-refractivity contribution in [3.8, 4) is 15.6 Å². The van der Waals surface area contributed by atoms with Gasteiger partial charge in [0.15, 0.2) is 0 Å². The maximum atomic E-state index is 14.1. The van der Waals surface area contributed by atoms with Crippen LogP contribution >= 0.6 is 22.7 Å². The minimum absolute atomic E-state index is 0.106. The van der Waals surface area contributed by atoms with Gasteiger partial charge in [-0.15, -0.1) is 22.7 Å². The van der Waals surface area contributed by atoms with Crippen LogP contribution in [0.1, 0.15) is 5.69 Å². The third-order valence-electron chi connectivity index (χ3n) is 3.75. The molecule has 1 amide bonds. The molecule has 0 unspecified atom stereocenters. The van der Waals surface area contributed by atoms with Gasteiger partial charge >= 0.3 is 0 Å². The number of carbonyl (C=O) groups is 1. The molecule has 0 saturated carbocycles. The molecule has 0 aliphatic rings. The molecular formula is C19H14FN3OS2. The van der Waals surface area contributed by atoms with Gasteiger partial charge in [-0.3, -0.25) is 4.79 Å². The Bertz CT molecular complexity index is 1020. The van der Waals surface area contributed by atoms with E-state index in [1.165, 1.54) is 17.4 Å². The fourth-order valence-electron chi connectivity index (χ4n) is 2.54. The normalized spacial score (nSPS) is 10.8. The molecule has 0 spiro atoms. The Morgan fingerprint density at radius 1 is 1.15 bits per heavy atom. The zero-order valence-electron chi connectivity index (χ0n) is 13.6. The van der Waals surface area contributed by atoms with Gasteiger partial charge < -0.3 is 9.88 Å². The highest BCUT2D eigenvalue weighted by Crippen LogP contribution is 2.28. The van der Waals surface area contributed by atoms with E-state index < -0.39 is 5.82 Å². The van der Waals surface area contributed by atoms with Crippen molar-refractivity contribution in [2.24, 2.45) is 0 Å². The first-order chi connectivity index (χ1) is 12.7. The van der Waals surface area contributed by atoms with Crippen LogP contribution in [0.25, 0.3) is 15.6 Å². The van der Waals surface area contributed by atoms with Gasteiger partial charge in [-0.05, 0) is 41.8 Å². The van der Waals surface area contributed by atoms with Crippen molar-refractivity contribution >= 4 is 34.3 Å². The van der Waals surface area contributed by atoms with Crippen LogP contribution in [0.2, 0.25) is 0 Å². The summed E-state index contributed by atoms with van der Waals surface area (Å²) in [5.74, 6) is -0.761. The summed E-state index contributed by atoms with van der Waals surface area (Å²) in [4.78, 5) is 17.9. The van der Waals surface area contributed by atoms with Crippen LogP contribution in [0, 0.1) is 5.82 Å². The Morgan fingerprint density at radius 2 is 2.00 bits per heavy atom. The molecule has 0 atom stereocenters. The van der Waals surface area contributed by atoms with Gasteiger partial charge in [0.1, 0.15) is 10.8 Å².